The molecule has 146 valence electrons. The van der Waals surface area contributed by atoms with E-state index < -0.39 is 0 Å². The van der Waals surface area contributed by atoms with Crippen molar-refractivity contribution in [1.29, 1.82) is 5.41 Å². The zero-order valence-corrected chi connectivity index (χ0v) is 15.8. The summed E-state index contributed by atoms with van der Waals surface area (Å²) in [6.07, 6.45) is 4.30. The Bertz CT molecular complexity index is 545. The molecule has 2 fully saturated rings. The van der Waals surface area contributed by atoms with Gasteiger partial charge in [-0.2, -0.15) is 0 Å². The van der Waals surface area contributed by atoms with Crippen LogP contribution < -0.4 is 11.1 Å². The van der Waals surface area contributed by atoms with Gasteiger partial charge in [0.05, 0.1) is 31.5 Å². The minimum atomic E-state index is -0.122. The number of nitrogens with zero attached hydrogens (tertiary/aromatic N) is 1. The summed E-state index contributed by atoms with van der Waals surface area (Å²) in [5, 5.41) is 11.8. The molecule has 1 aliphatic carbocycles. The average Bonchev–Trinajstić information content (AvgIpc) is 2.63. The van der Waals surface area contributed by atoms with E-state index in [4.69, 9.17) is 25.4 Å². The van der Waals surface area contributed by atoms with Crippen molar-refractivity contribution in [3.8, 4) is 0 Å². The summed E-state index contributed by atoms with van der Waals surface area (Å²) in [5.74, 6) is 0.709. The zero-order valence-electron chi connectivity index (χ0n) is 15.8. The van der Waals surface area contributed by atoms with E-state index in [1.54, 1.807) is 0 Å². The number of ether oxygens (including phenoxy) is 3. The van der Waals surface area contributed by atoms with Crippen LogP contribution in [0.4, 0.5) is 0 Å². The highest BCUT2D eigenvalue weighted by molar-refractivity contribution is 6.03. The van der Waals surface area contributed by atoms with Gasteiger partial charge in [-0.15, -0.1) is 0 Å². The molecule has 3 aliphatic rings. The Balaban J connectivity index is 1.60. The van der Waals surface area contributed by atoms with Crippen LogP contribution >= 0.6 is 0 Å². The van der Waals surface area contributed by atoms with Crippen LogP contribution in [0.5, 0.6) is 0 Å². The molecule has 26 heavy (non-hydrogen) atoms. The van der Waals surface area contributed by atoms with E-state index in [1.807, 2.05) is 13.0 Å². The SMILES string of the molecule is C/C(N)=C1/C(=N)C[C@@H](OCCN2CCNCC2)C=C1OC1CCOCC1. The molecule has 0 spiro atoms. The lowest BCUT2D eigenvalue weighted by Gasteiger charge is -2.31. The fraction of sp³-hybridized carbons (Fsp3) is 0.737. The first-order valence-electron chi connectivity index (χ1n) is 9.69. The van der Waals surface area contributed by atoms with Crippen LogP contribution in [0.2, 0.25) is 0 Å². The number of rotatable bonds is 6. The maximum absolute atomic E-state index is 8.40. The van der Waals surface area contributed by atoms with Crippen LogP contribution in [0.1, 0.15) is 26.2 Å². The van der Waals surface area contributed by atoms with Crippen LogP contribution in [0, 0.1) is 5.41 Å². The van der Waals surface area contributed by atoms with E-state index in [1.165, 1.54) is 0 Å². The van der Waals surface area contributed by atoms with Gasteiger partial charge in [0.2, 0.25) is 0 Å². The Hall–Kier alpha value is -1.41. The molecular formula is C19H32N4O3. The summed E-state index contributed by atoms with van der Waals surface area (Å²) < 4.78 is 17.7. The molecule has 3 rings (SSSR count). The van der Waals surface area contributed by atoms with Crippen LogP contribution in [0.3, 0.4) is 0 Å². The van der Waals surface area contributed by atoms with Gasteiger partial charge in [0.25, 0.3) is 0 Å². The first-order chi connectivity index (χ1) is 12.6. The largest absolute Gasteiger partial charge is 0.490 e. The molecule has 0 aromatic rings. The van der Waals surface area contributed by atoms with E-state index in [0.717, 1.165) is 64.4 Å². The van der Waals surface area contributed by atoms with E-state index in [0.29, 0.717) is 30.2 Å². The normalized spacial score (nSPS) is 28.0. The van der Waals surface area contributed by atoms with Gasteiger partial charge < -0.3 is 30.7 Å². The second kappa shape index (κ2) is 9.50. The van der Waals surface area contributed by atoms with Gasteiger partial charge in [-0.1, -0.05) is 0 Å². The third kappa shape index (κ3) is 5.30. The van der Waals surface area contributed by atoms with Crippen molar-refractivity contribution >= 4 is 5.71 Å². The molecule has 0 radical (unpaired) electrons. The van der Waals surface area contributed by atoms with Crippen LogP contribution in [0.15, 0.2) is 23.1 Å². The summed E-state index contributed by atoms with van der Waals surface area (Å²) in [4.78, 5) is 2.41. The lowest BCUT2D eigenvalue weighted by Crippen LogP contribution is -2.45. The van der Waals surface area contributed by atoms with Gasteiger partial charge in [0.15, 0.2) is 0 Å². The van der Waals surface area contributed by atoms with Crippen molar-refractivity contribution < 1.29 is 14.2 Å². The number of allylic oxidation sites excluding steroid dienone is 2. The van der Waals surface area contributed by atoms with Crippen molar-refractivity contribution in [1.82, 2.24) is 10.2 Å². The van der Waals surface area contributed by atoms with Crippen LogP contribution in [-0.4, -0.2) is 75.4 Å². The molecule has 0 amide bonds. The number of piperazine rings is 1. The summed E-state index contributed by atoms with van der Waals surface area (Å²) in [7, 11) is 0. The Morgan fingerprint density at radius 3 is 2.77 bits per heavy atom. The second-order valence-corrected chi connectivity index (χ2v) is 7.20. The predicted molar refractivity (Wildman–Crippen MR) is 101 cm³/mol. The molecule has 2 aliphatic heterocycles. The van der Waals surface area contributed by atoms with Gasteiger partial charge in [-0.05, 0) is 13.0 Å². The van der Waals surface area contributed by atoms with Crippen molar-refractivity contribution in [2.24, 2.45) is 5.73 Å². The Labute approximate surface area is 156 Å². The Kier molecular flexibility index (Phi) is 7.07. The lowest BCUT2D eigenvalue weighted by atomic mass is 9.94. The minimum absolute atomic E-state index is 0.122. The molecule has 0 saturated carbocycles. The molecule has 0 aromatic carbocycles. The van der Waals surface area contributed by atoms with Gasteiger partial charge in [-0.25, -0.2) is 0 Å². The Morgan fingerprint density at radius 2 is 2.08 bits per heavy atom. The molecule has 0 unspecified atom stereocenters. The Morgan fingerprint density at radius 1 is 1.35 bits per heavy atom. The third-order valence-electron chi connectivity index (χ3n) is 5.10. The summed E-state index contributed by atoms with van der Waals surface area (Å²) in [6.45, 7) is 9.09. The van der Waals surface area contributed by atoms with Crippen LogP contribution in [-0.2, 0) is 14.2 Å². The van der Waals surface area contributed by atoms with Crippen LogP contribution in [0.25, 0.3) is 0 Å². The van der Waals surface area contributed by atoms with Gasteiger partial charge in [-0.3, -0.25) is 4.90 Å². The molecular weight excluding hydrogens is 332 g/mol. The van der Waals surface area contributed by atoms with Gasteiger partial charge >= 0.3 is 0 Å². The maximum Gasteiger partial charge on any atom is 0.129 e. The highest BCUT2D eigenvalue weighted by Crippen LogP contribution is 2.28. The van der Waals surface area contributed by atoms with Gasteiger partial charge in [0.1, 0.15) is 11.9 Å². The highest BCUT2D eigenvalue weighted by Gasteiger charge is 2.28. The van der Waals surface area contributed by atoms with E-state index in [2.05, 4.69) is 10.2 Å². The standard InChI is InChI=1S/C19H32N4O3/c1-14(20)19-17(21)12-16(25-11-8-23-6-4-22-5-7-23)13-18(19)26-15-2-9-24-10-3-15/h13,15-16,21-22H,2-12,20H2,1H3/b19-14+,21-17?/t16-/m1/s1. The van der Waals surface area contributed by atoms with Crippen molar-refractivity contribution in [3.63, 3.8) is 0 Å². The van der Waals surface area contributed by atoms with E-state index in [-0.39, 0.29) is 12.2 Å². The van der Waals surface area contributed by atoms with E-state index in [9.17, 15) is 0 Å². The zero-order chi connectivity index (χ0) is 18.4. The first kappa shape index (κ1) is 19.4. The number of nitrogens with one attached hydrogen (secondary N) is 2. The minimum Gasteiger partial charge on any atom is -0.490 e. The molecule has 7 nitrogen and oxygen atoms in total. The molecule has 2 heterocycles. The van der Waals surface area contributed by atoms with Crippen molar-refractivity contribution in [2.75, 3.05) is 52.5 Å². The summed E-state index contributed by atoms with van der Waals surface area (Å²) in [5.41, 5.74) is 7.90. The van der Waals surface area contributed by atoms with Gasteiger partial charge in [0, 0.05) is 63.4 Å². The number of hydrogen-bond acceptors (Lipinski definition) is 7. The first-order valence-corrected chi connectivity index (χ1v) is 9.69. The number of hydrogen-bond donors (Lipinski definition) is 3. The molecule has 0 bridgehead atoms. The summed E-state index contributed by atoms with van der Waals surface area (Å²) in [6, 6.07) is 0. The fourth-order valence-corrected chi connectivity index (χ4v) is 3.64. The predicted octanol–water partition coefficient (Wildman–Crippen LogP) is 1.01. The molecule has 2 saturated heterocycles. The summed E-state index contributed by atoms with van der Waals surface area (Å²) >= 11 is 0. The smallest absolute Gasteiger partial charge is 0.129 e. The molecule has 0 aromatic heterocycles. The van der Waals surface area contributed by atoms with Crippen molar-refractivity contribution in [3.05, 3.63) is 23.1 Å². The fourth-order valence-electron chi connectivity index (χ4n) is 3.64. The topological polar surface area (TPSA) is 92.8 Å². The highest BCUT2D eigenvalue weighted by atomic mass is 16.5. The monoisotopic (exact) mass is 364 g/mol. The molecule has 1 atom stereocenters. The maximum atomic E-state index is 8.40. The van der Waals surface area contributed by atoms with Crippen molar-refractivity contribution in [2.45, 2.75) is 38.4 Å². The molecule has 7 heteroatoms. The average molecular weight is 364 g/mol. The van der Waals surface area contributed by atoms with E-state index >= 15 is 0 Å². The molecule has 4 N–H and O–H groups in total. The third-order valence-corrected chi connectivity index (χ3v) is 5.10. The number of nitrogens with two attached hydrogens (primary N) is 1. The lowest BCUT2D eigenvalue weighted by molar-refractivity contribution is -0.00431. The quantitative estimate of drug-likeness (QED) is 0.651. The second-order valence-electron chi connectivity index (χ2n) is 7.20.